The molecule has 92 valence electrons. The third-order valence-electron chi connectivity index (χ3n) is 2.24. The Kier molecular flexibility index (Phi) is 3.38. The van der Waals surface area contributed by atoms with Gasteiger partial charge in [0, 0.05) is 5.69 Å². The van der Waals surface area contributed by atoms with Crippen LogP contribution in [0.3, 0.4) is 0 Å². The second-order valence-electron chi connectivity index (χ2n) is 3.73. The number of carboxylic acid groups (broad SMARTS) is 1. The molecule has 0 aliphatic rings. The summed E-state index contributed by atoms with van der Waals surface area (Å²) in [5.41, 5.74) is 7.58. The van der Waals surface area contributed by atoms with Crippen LogP contribution in [0.1, 0.15) is 5.56 Å². The SMILES string of the molecule is Nc1ncc(Nc2cccc(CC(=O)O)c2)cn1. The van der Waals surface area contributed by atoms with Gasteiger partial charge in [0.1, 0.15) is 0 Å². The molecule has 0 aliphatic heterocycles. The van der Waals surface area contributed by atoms with Crippen LogP contribution in [0.25, 0.3) is 0 Å². The van der Waals surface area contributed by atoms with E-state index in [9.17, 15) is 4.79 Å². The summed E-state index contributed by atoms with van der Waals surface area (Å²) in [6, 6.07) is 7.16. The Labute approximate surface area is 104 Å². The molecule has 6 nitrogen and oxygen atoms in total. The van der Waals surface area contributed by atoms with Crippen molar-refractivity contribution in [2.24, 2.45) is 0 Å². The zero-order valence-corrected chi connectivity index (χ0v) is 9.50. The summed E-state index contributed by atoms with van der Waals surface area (Å²) in [4.78, 5) is 18.3. The first kappa shape index (κ1) is 11.8. The van der Waals surface area contributed by atoms with Gasteiger partial charge in [-0.15, -0.1) is 0 Å². The third-order valence-corrected chi connectivity index (χ3v) is 2.24. The van der Waals surface area contributed by atoms with Crippen molar-refractivity contribution in [3.8, 4) is 0 Å². The molecular weight excluding hydrogens is 232 g/mol. The molecule has 2 rings (SSSR count). The number of rotatable bonds is 4. The van der Waals surface area contributed by atoms with Crippen LogP contribution in [0.5, 0.6) is 0 Å². The number of anilines is 3. The summed E-state index contributed by atoms with van der Waals surface area (Å²) in [7, 11) is 0. The fraction of sp³-hybridized carbons (Fsp3) is 0.0833. The summed E-state index contributed by atoms with van der Waals surface area (Å²) in [6.07, 6.45) is 3.12. The van der Waals surface area contributed by atoms with Crippen molar-refractivity contribution in [1.29, 1.82) is 0 Å². The zero-order valence-electron chi connectivity index (χ0n) is 9.50. The predicted octanol–water partition coefficient (Wildman–Crippen LogP) is 1.43. The lowest BCUT2D eigenvalue weighted by atomic mass is 10.1. The van der Waals surface area contributed by atoms with E-state index in [1.807, 2.05) is 6.07 Å². The van der Waals surface area contributed by atoms with Crippen molar-refractivity contribution in [3.05, 3.63) is 42.2 Å². The molecule has 0 fully saturated rings. The van der Waals surface area contributed by atoms with Crippen LogP contribution in [-0.4, -0.2) is 21.0 Å². The number of aromatic nitrogens is 2. The number of hydrogen-bond acceptors (Lipinski definition) is 5. The van der Waals surface area contributed by atoms with Crippen molar-refractivity contribution in [3.63, 3.8) is 0 Å². The maximum absolute atomic E-state index is 10.6. The van der Waals surface area contributed by atoms with E-state index < -0.39 is 5.97 Å². The monoisotopic (exact) mass is 244 g/mol. The lowest BCUT2D eigenvalue weighted by Crippen LogP contribution is -2.01. The van der Waals surface area contributed by atoms with Crippen molar-refractivity contribution in [1.82, 2.24) is 9.97 Å². The molecule has 0 aliphatic carbocycles. The van der Waals surface area contributed by atoms with Crippen molar-refractivity contribution in [2.75, 3.05) is 11.1 Å². The van der Waals surface area contributed by atoms with Gasteiger partial charge in [-0.05, 0) is 17.7 Å². The van der Waals surface area contributed by atoms with Crippen molar-refractivity contribution in [2.45, 2.75) is 6.42 Å². The molecule has 1 heterocycles. The summed E-state index contributed by atoms with van der Waals surface area (Å²) in [6.45, 7) is 0. The van der Waals surface area contributed by atoms with Gasteiger partial charge in [0.25, 0.3) is 0 Å². The van der Waals surface area contributed by atoms with Crippen LogP contribution >= 0.6 is 0 Å². The molecule has 0 unspecified atom stereocenters. The lowest BCUT2D eigenvalue weighted by Gasteiger charge is -2.07. The van der Waals surface area contributed by atoms with E-state index in [-0.39, 0.29) is 12.4 Å². The van der Waals surface area contributed by atoms with Crippen LogP contribution in [-0.2, 0) is 11.2 Å². The molecule has 0 spiro atoms. The Morgan fingerprint density at radius 3 is 2.67 bits per heavy atom. The summed E-state index contributed by atoms with van der Waals surface area (Å²) >= 11 is 0. The topological polar surface area (TPSA) is 101 Å². The molecule has 18 heavy (non-hydrogen) atoms. The van der Waals surface area contributed by atoms with E-state index >= 15 is 0 Å². The fourth-order valence-corrected chi connectivity index (χ4v) is 1.50. The Balaban J connectivity index is 2.13. The molecule has 4 N–H and O–H groups in total. The van der Waals surface area contributed by atoms with Crippen LogP contribution < -0.4 is 11.1 Å². The first-order chi connectivity index (χ1) is 8.63. The van der Waals surface area contributed by atoms with Gasteiger partial charge < -0.3 is 16.2 Å². The third kappa shape index (κ3) is 3.18. The van der Waals surface area contributed by atoms with Crippen LogP contribution in [0, 0.1) is 0 Å². The van der Waals surface area contributed by atoms with Gasteiger partial charge in [0.05, 0.1) is 24.5 Å². The maximum Gasteiger partial charge on any atom is 0.307 e. The summed E-state index contributed by atoms with van der Waals surface area (Å²) in [5, 5.41) is 11.8. The van der Waals surface area contributed by atoms with Crippen LogP contribution in [0.2, 0.25) is 0 Å². The molecule has 0 bridgehead atoms. The quantitative estimate of drug-likeness (QED) is 0.752. The van der Waals surface area contributed by atoms with Gasteiger partial charge >= 0.3 is 5.97 Å². The highest BCUT2D eigenvalue weighted by Gasteiger charge is 2.02. The minimum atomic E-state index is -0.858. The minimum absolute atomic E-state index is 0.00619. The average molecular weight is 244 g/mol. The molecule has 0 atom stereocenters. The number of carboxylic acids is 1. The first-order valence-corrected chi connectivity index (χ1v) is 5.29. The van der Waals surface area contributed by atoms with E-state index in [2.05, 4.69) is 15.3 Å². The van der Waals surface area contributed by atoms with Gasteiger partial charge in [-0.2, -0.15) is 0 Å². The molecule has 0 saturated heterocycles. The molecule has 0 radical (unpaired) electrons. The predicted molar refractivity (Wildman–Crippen MR) is 67.5 cm³/mol. The number of aliphatic carboxylic acids is 1. The summed E-state index contributed by atoms with van der Waals surface area (Å²) in [5.74, 6) is -0.650. The highest BCUT2D eigenvalue weighted by molar-refractivity contribution is 5.71. The molecule has 0 saturated carbocycles. The summed E-state index contributed by atoms with van der Waals surface area (Å²) < 4.78 is 0. The Bertz CT molecular complexity index is 554. The lowest BCUT2D eigenvalue weighted by molar-refractivity contribution is -0.136. The highest BCUT2D eigenvalue weighted by Crippen LogP contribution is 2.16. The first-order valence-electron chi connectivity index (χ1n) is 5.29. The number of nitrogen functional groups attached to an aromatic ring is 1. The second kappa shape index (κ2) is 5.13. The standard InChI is InChI=1S/C12H12N4O2/c13-12-14-6-10(7-15-12)16-9-3-1-2-8(4-9)5-11(17)18/h1-4,6-7,16H,5H2,(H,17,18)(H2,13,14,15). The number of benzene rings is 1. The van der Waals surface area contributed by atoms with E-state index in [4.69, 9.17) is 10.8 Å². The average Bonchev–Trinajstić information content (AvgIpc) is 2.32. The number of nitrogens with zero attached hydrogens (tertiary/aromatic N) is 2. The van der Waals surface area contributed by atoms with Crippen molar-refractivity contribution < 1.29 is 9.90 Å². The van der Waals surface area contributed by atoms with Gasteiger partial charge in [0.2, 0.25) is 5.95 Å². The molecular formula is C12H12N4O2. The Hall–Kier alpha value is -2.63. The largest absolute Gasteiger partial charge is 0.481 e. The Morgan fingerprint density at radius 2 is 2.00 bits per heavy atom. The Morgan fingerprint density at radius 1 is 1.28 bits per heavy atom. The van der Waals surface area contributed by atoms with Crippen LogP contribution in [0.4, 0.5) is 17.3 Å². The maximum atomic E-state index is 10.6. The van der Waals surface area contributed by atoms with Gasteiger partial charge in [0.15, 0.2) is 0 Å². The van der Waals surface area contributed by atoms with E-state index in [0.717, 1.165) is 11.3 Å². The fourth-order valence-electron chi connectivity index (χ4n) is 1.50. The molecule has 1 aromatic carbocycles. The normalized spacial score (nSPS) is 10.0. The van der Waals surface area contributed by atoms with Gasteiger partial charge in [-0.25, -0.2) is 9.97 Å². The molecule has 6 heteroatoms. The molecule has 1 aromatic heterocycles. The molecule has 2 aromatic rings. The van der Waals surface area contributed by atoms with Crippen molar-refractivity contribution >= 4 is 23.3 Å². The van der Waals surface area contributed by atoms with Gasteiger partial charge in [-0.1, -0.05) is 12.1 Å². The minimum Gasteiger partial charge on any atom is -0.481 e. The number of hydrogen-bond donors (Lipinski definition) is 3. The number of carbonyl (C=O) groups is 1. The van der Waals surface area contributed by atoms with E-state index in [1.54, 1.807) is 30.6 Å². The highest BCUT2D eigenvalue weighted by atomic mass is 16.4. The van der Waals surface area contributed by atoms with Crippen LogP contribution in [0.15, 0.2) is 36.7 Å². The second-order valence-corrected chi connectivity index (χ2v) is 3.73. The smallest absolute Gasteiger partial charge is 0.307 e. The zero-order chi connectivity index (χ0) is 13.0. The van der Waals surface area contributed by atoms with E-state index in [0.29, 0.717) is 5.69 Å². The molecule has 0 amide bonds. The van der Waals surface area contributed by atoms with E-state index in [1.165, 1.54) is 0 Å². The number of nitrogens with two attached hydrogens (primary N) is 1. The number of nitrogens with one attached hydrogen (secondary N) is 1. The van der Waals surface area contributed by atoms with Gasteiger partial charge in [-0.3, -0.25) is 4.79 Å².